The minimum atomic E-state index is 0.309. The predicted octanol–water partition coefficient (Wildman–Crippen LogP) is 2.19. The summed E-state index contributed by atoms with van der Waals surface area (Å²) in [6.45, 7) is 7.53. The van der Waals surface area contributed by atoms with Gasteiger partial charge in [0.15, 0.2) is 0 Å². The van der Waals surface area contributed by atoms with E-state index in [4.69, 9.17) is 0 Å². The van der Waals surface area contributed by atoms with Gasteiger partial charge in [0.2, 0.25) is 5.91 Å². The second-order valence-corrected chi connectivity index (χ2v) is 6.46. The molecule has 120 valence electrons. The van der Waals surface area contributed by atoms with Crippen LogP contribution < -0.4 is 4.90 Å². The van der Waals surface area contributed by atoms with Crippen molar-refractivity contribution in [3.63, 3.8) is 0 Å². The molecular formula is C17H26N4O. The quantitative estimate of drug-likeness (QED) is 0.855. The van der Waals surface area contributed by atoms with Crippen LogP contribution in [0.4, 0.5) is 5.82 Å². The van der Waals surface area contributed by atoms with Gasteiger partial charge < -0.3 is 9.80 Å². The summed E-state index contributed by atoms with van der Waals surface area (Å²) in [6, 6.07) is 0. The summed E-state index contributed by atoms with van der Waals surface area (Å²) >= 11 is 0. The van der Waals surface area contributed by atoms with E-state index in [1.807, 2.05) is 18.0 Å². The van der Waals surface area contributed by atoms with Gasteiger partial charge in [-0.15, -0.1) is 0 Å². The van der Waals surface area contributed by atoms with Crippen LogP contribution in [0.1, 0.15) is 44.0 Å². The molecule has 3 rings (SSSR count). The van der Waals surface area contributed by atoms with Gasteiger partial charge in [-0.3, -0.25) is 4.79 Å². The number of carbonyl (C=O) groups is 1. The zero-order chi connectivity index (χ0) is 15.5. The van der Waals surface area contributed by atoms with E-state index in [1.54, 1.807) is 0 Å². The average Bonchev–Trinajstić information content (AvgIpc) is 2.48. The molecule has 1 aromatic rings. The number of carbonyl (C=O) groups excluding carboxylic acids is 1. The summed E-state index contributed by atoms with van der Waals surface area (Å²) < 4.78 is 0. The molecule has 0 spiro atoms. The lowest BCUT2D eigenvalue weighted by molar-refractivity contribution is -0.138. The van der Waals surface area contributed by atoms with Crippen LogP contribution in [-0.4, -0.2) is 47.0 Å². The Morgan fingerprint density at radius 2 is 2.00 bits per heavy atom. The van der Waals surface area contributed by atoms with Crippen LogP contribution in [0.2, 0.25) is 0 Å². The van der Waals surface area contributed by atoms with E-state index in [2.05, 4.69) is 21.8 Å². The normalized spacial score (nSPS) is 19.2. The number of nitrogens with zero attached hydrogens (tertiary/aromatic N) is 4. The molecule has 22 heavy (non-hydrogen) atoms. The molecule has 0 aromatic carbocycles. The lowest BCUT2D eigenvalue weighted by Crippen LogP contribution is -2.51. The summed E-state index contributed by atoms with van der Waals surface area (Å²) in [7, 11) is 0. The van der Waals surface area contributed by atoms with Crippen molar-refractivity contribution in [1.29, 1.82) is 0 Å². The number of hydrogen-bond donors (Lipinski definition) is 0. The first-order chi connectivity index (χ1) is 10.7. The Bertz CT molecular complexity index is 533. The van der Waals surface area contributed by atoms with Gasteiger partial charge in [0.25, 0.3) is 0 Å². The first-order valence-corrected chi connectivity index (χ1v) is 8.55. The van der Waals surface area contributed by atoms with Crippen molar-refractivity contribution in [3.8, 4) is 0 Å². The van der Waals surface area contributed by atoms with Crippen LogP contribution in [0.3, 0.4) is 0 Å². The third kappa shape index (κ3) is 3.08. The number of aryl methyl sites for hydroxylation is 2. The molecule has 1 saturated carbocycles. The minimum Gasteiger partial charge on any atom is -0.353 e. The predicted molar refractivity (Wildman–Crippen MR) is 86.9 cm³/mol. The molecule has 2 fully saturated rings. The highest BCUT2D eigenvalue weighted by Gasteiger charge is 2.31. The number of anilines is 1. The Balaban J connectivity index is 1.65. The molecular weight excluding hydrogens is 276 g/mol. The summed E-state index contributed by atoms with van der Waals surface area (Å²) in [5.74, 6) is 2.58. The Morgan fingerprint density at radius 3 is 2.59 bits per heavy atom. The third-order valence-electron chi connectivity index (χ3n) is 4.83. The maximum atomic E-state index is 12.3. The van der Waals surface area contributed by atoms with Gasteiger partial charge in [-0.1, -0.05) is 19.8 Å². The molecule has 2 aliphatic rings. The molecule has 0 radical (unpaired) electrons. The monoisotopic (exact) mass is 302 g/mol. The van der Waals surface area contributed by atoms with E-state index in [-0.39, 0.29) is 0 Å². The Hall–Kier alpha value is -1.65. The van der Waals surface area contributed by atoms with Crippen molar-refractivity contribution in [2.75, 3.05) is 31.1 Å². The second kappa shape index (κ2) is 6.63. The fraction of sp³-hybridized carbons (Fsp3) is 0.706. The highest BCUT2D eigenvalue weighted by Crippen LogP contribution is 2.29. The van der Waals surface area contributed by atoms with Gasteiger partial charge in [0.05, 0.1) is 0 Å². The Kier molecular flexibility index (Phi) is 4.60. The lowest BCUT2D eigenvalue weighted by atomic mass is 9.84. The maximum absolute atomic E-state index is 12.3. The van der Waals surface area contributed by atoms with Crippen molar-refractivity contribution in [2.24, 2.45) is 5.92 Å². The van der Waals surface area contributed by atoms with Crippen molar-refractivity contribution >= 4 is 11.7 Å². The molecule has 1 aliphatic carbocycles. The van der Waals surface area contributed by atoms with Crippen molar-refractivity contribution in [1.82, 2.24) is 14.9 Å². The molecule has 0 bridgehead atoms. The fourth-order valence-electron chi connectivity index (χ4n) is 3.25. The van der Waals surface area contributed by atoms with Crippen LogP contribution in [-0.2, 0) is 11.2 Å². The summed E-state index contributed by atoms with van der Waals surface area (Å²) in [6.07, 6.45) is 7.47. The molecule has 2 heterocycles. The summed E-state index contributed by atoms with van der Waals surface area (Å²) in [5.41, 5.74) is 1.23. The van der Waals surface area contributed by atoms with E-state index in [9.17, 15) is 4.79 Å². The number of hydrogen-bond acceptors (Lipinski definition) is 4. The second-order valence-electron chi connectivity index (χ2n) is 6.46. The zero-order valence-electron chi connectivity index (χ0n) is 13.7. The first-order valence-electron chi connectivity index (χ1n) is 8.55. The van der Waals surface area contributed by atoms with Crippen molar-refractivity contribution in [2.45, 2.75) is 46.0 Å². The van der Waals surface area contributed by atoms with Gasteiger partial charge in [-0.25, -0.2) is 9.97 Å². The topological polar surface area (TPSA) is 49.3 Å². The van der Waals surface area contributed by atoms with Crippen LogP contribution in [0.15, 0.2) is 6.20 Å². The first kappa shape index (κ1) is 15.3. The Morgan fingerprint density at radius 1 is 1.27 bits per heavy atom. The van der Waals surface area contributed by atoms with Crippen molar-refractivity contribution < 1.29 is 4.79 Å². The third-order valence-corrected chi connectivity index (χ3v) is 4.83. The SMILES string of the molecule is CCCc1cnc(C)nc1N1CCN(C(=O)C2CCC2)CC1. The number of piperazine rings is 1. The summed E-state index contributed by atoms with van der Waals surface area (Å²) in [4.78, 5) is 25.7. The molecule has 1 saturated heterocycles. The van der Waals surface area contributed by atoms with E-state index < -0.39 is 0 Å². The number of amides is 1. The molecule has 1 amide bonds. The average molecular weight is 302 g/mol. The highest BCUT2D eigenvalue weighted by molar-refractivity contribution is 5.79. The minimum absolute atomic E-state index is 0.309. The van der Waals surface area contributed by atoms with Gasteiger partial charge in [0.1, 0.15) is 11.6 Å². The molecule has 5 nitrogen and oxygen atoms in total. The van der Waals surface area contributed by atoms with Gasteiger partial charge in [-0.05, 0) is 26.2 Å². The molecule has 0 unspecified atom stereocenters. The summed E-state index contributed by atoms with van der Waals surface area (Å²) in [5, 5.41) is 0. The van der Waals surface area contributed by atoms with Crippen LogP contribution in [0, 0.1) is 12.8 Å². The zero-order valence-corrected chi connectivity index (χ0v) is 13.7. The molecule has 0 N–H and O–H groups in total. The van der Waals surface area contributed by atoms with E-state index in [0.29, 0.717) is 11.8 Å². The smallest absolute Gasteiger partial charge is 0.225 e. The number of rotatable bonds is 4. The molecule has 1 aromatic heterocycles. The highest BCUT2D eigenvalue weighted by atomic mass is 16.2. The maximum Gasteiger partial charge on any atom is 0.225 e. The largest absolute Gasteiger partial charge is 0.353 e. The van der Waals surface area contributed by atoms with Crippen molar-refractivity contribution in [3.05, 3.63) is 17.6 Å². The Labute approximate surface area is 132 Å². The van der Waals surface area contributed by atoms with E-state index in [1.165, 1.54) is 12.0 Å². The van der Waals surface area contributed by atoms with E-state index in [0.717, 1.165) is 63.5 Å². The van der Waals surface area contributed by atoms with E-state index >= 15 is 0 Å². The standard InChI is InChI=1S/C17H26N4O/c1-3-5-15-12-18-13(2)19-16(15)20-8-10-21(11-9-20)17(22)14-6-4-7-14/h12,14H,3-11H2,1-2H3. The van der Waals surface area contributed by atoms with Crippen LogP contribution >= 0.6 is 0 Å². The lowest BCUT2D eigenvalue weighted by Gasteiger charge is -2.39. The molecule has 1 aliphatic heterocycles. The van der Waals surface area contributed by atoms with Gasteiger partial charge >= 0.3 is 0 Å². The molecule has 5 heteroatoms. The fourth-order valence-corrected chi connectivity index (χ4v) is 3.25. The van der Waals surface area contributed by atoms with Crippen LogP contribution in [0.25, 0.3) is 0 Å². The molecule has 0 atom stereocenters. The van der Waals surface area contributed by atoms with Gasteiger partial charge in [-0.2, -0.15) is 0 Å². The van der Waals surface area contributed by atoms with Crippen LogP contribution in [0.5, 0.6) is 0 Å². The van der Waals surface area contributed by atoms with Gasteiger partial charge in [0, 0.05) is 43.9 Å². The number of aromatic nitrogens is 2.